The fraction of sp³-hybridized carbons (Fsp3) is 0.706. The number of hydrogen-bond donors (Lipinski definition) is 1. The van der Waals surface area contributed by atoms with Crippen LogP contribution >= 0.6 is 0 Å². The van der Waals surface area contributed by atoms with Gasteiger partial charge in [-0.25, -0.2) is 0 Å². The van der Waals surface area contributed by atoms with Crippen molar-refractivity contribution in [3.8, 4) is 0 Å². The molecule has 0 radical (unpaired) electrons. The lowest BCUT2D eigenvalue weighted by atomic mass is 10.0. The second-order valence-corrected chi connectivity index (χ2v) is 6.62. The van der Waals surface area contributed by atoms with E-state index in [1.807, 2.05) is 0 Å². The molecule has 2 rings (SSSR count). The number of nitrogens with zero attached hydrogens (tertiary/aromatic N) is 2. The molecular formula is C17H29N3. The molecule has 0 saturated carbocycles. The molecule has 0 amide bonds. The monoisotopic (exact) mass is 275 g/mol. The smallest absolute Gasteiger partial charge is 0.0547 e. The van der Waals surface area contributed by atoms with E-state index in [1.54, 1.807) is 0 Å². The van der Waals surface area contributed by atoms with Crippen molar-refractivity contribution in [2.75, 3.05) is 13.1 Å². The zero-order chi connectivity index (χ0) is 14.5. The van der Waals surface area contributed by atoms with E-state index in [4.69, 9.17) is 0 Å². The Labute approximate surface area is 123 Å². The van der Waals surface area contributed by atoms with Gasteiger partial charge >= 0.3 is 0 Å². The summed E-state index contributed by atoms with van der Waals surface area (Å²) in [5.41, 5.74) is 2.31. The van der Waals surface area contributed by atoms with Crippen molar-refractivity contribution >= 4 is 0 Å². The summed E-state index contributed by atoms with van der Waals surface area (Å²) < 4.78 is 0. The van der Waals surface area contributed by atoms with Gasteiger partial charge in [0.15, 0.2) is 0 Å². The highest BCUT2D eigenvalue weighted by molar-refractivity contribution is 5.10. The van der Waals surface area contributed by atoms with E-state index < -0.39 is 0 Å². The van der Waals surface area contributed by atoms with Crippen molar-refractivity contribution in [2.45, 2.75) is 59.2 Å². The van der Waals surface area contributed by atoms with Gasteiger partial charge in [-0.2, -0.15) is 0 Å². The molecule has 3 heteroatoms. The van der Waals surface area contributed by atoms with E-state index in [0.29, 0.717) is 12.1 Å². The predicted octanol–water partition coefficient (Wildman–Crippen LogP) is 2.99. The molecule has 2 heterocycles. The molecule has 1 aromatic heterocycles. The predicted molar refractivity (Wildman–Crippen MR) is 84.7 cm³/mol. The minimum absolute atomic E-state index is 0.616. The zero-order valence-corrected chi connectivity index (χ0v) is 13.4. The van der Waals surface area contributed by atoms with Crippen LogP contribution in [0.15, 0.2) is 18.2 Å². The van der Waals surface area contributed by atoms with Crippen molar-refractivity contribution in [2.24, 2.45) is 5.92 Å². The Morgan fingerprint density at radius 1 is 1.40 bits per heavy atom. The standard InChI is InChI=1S/C17H29N3/c1-13(2)10-17-12-20(15(4)8-9-18-17)11-16-7-5-6-14(3)19-16/h5-7,13,15,17-18H,8-12H2,1-4H3. The average Bonchev–Trinajstić information content (AvgIpc) is 2.52. The summed E-state index contributed by atoms with van der Waals surface area (Å²) in [5.74, 6) is 0.750. The maximum absolute atomic E-state index is 4.66. The lowest BCUT2D eigenvalue weighted by molar-refractivity contribution is 0.187. The van der Waals surface area contributed by atoms with Gasteiger partial charge in [0.25, 0.3) is 0 Å². The second kappa shape index (κ2) is 7.19. The third kappa shape index (κ3) is 4.57. The molecular weight excluding hydrogens is 246 g/mol. The highest BCUT2D eigenvalue weighted by Gasteiger charge is 2.23. The van der Waals surface area contributed by atoms with Crippen molar-refractivity contribution < 1.29 is 0 Å². The van der Waals surface area contributed by atoms with Gasteiger partial charge in [0, 0.05) is 30.9 Å². The van der Waals surface area contributed by atoms with Crippen LogP contribution in [0.5, 0.6) is 0 Å². The molecule has 112 valence electrons. The van der Waals surface area contributed by atoms with Crippen molar-refractivity contribution in [3.63, 3.8) is 0 Å². The van der Waals surface area contributed by atoms with Gasteiger partial charge in [-0.05, 0) is 51.3 Å². The summed E-state index contributed by atoms with van der Waals surface area (Å²) in [6.45, 7) is 12.3. The Morgan fingerprint density at radius 3 is 2.90 bits per heavy atom. The molecule has 1 N–H and O–H groups in total. The van der Waals surface area contributed by atoms with Crippen LogP contribution in [0.1, 0.15) is 45.0 Å². The Bertz CT molecular complexity index is 416. The van der Waals surface area contributed by atoms with Gasteiger partial charge < -0.3 is 5.32 Å². The molecule has 1 aliphatic rings. The van der Waals surface area contributed by atoms with Crippen LogP contribution in [0.2, 0.25) is 0 Å². The molecule has 1 fully saturated rings. The molecule has 1 aromatic rings. The van der Waals surface area contributed by atoms with Crippen LogP contribution in [0.3, 0.4) is 0 Å². The summed E-state index contributed by atoms with van der Waals surface area (Å²) in [7, 11) is 0. The van der Waals surface area contributed by atoms with Gasteiger partial charge in [0.1, 0.15) is 0 Å². The molecule has 2 unspecified atom stereocenters. The Kier molecular flexibility index (Phi) is 5.55. The van der Waals surface area contributed by atoms with Crippen molar-refractivity contribution in [1.29, 1.82) is 0 Å². The first kappa shape index (κ1) is 15.5. The maximum Gasteiger partial charge on any atom is 0.0547 e. The molecule has 20 heavy (non-hydrogen) atoms. The highest BCUT2D eigenvalue weighted by atomic mass is 15.2. The second-order valence-electron chi connectivity index (χ2n) is 6.62. The number of aromatic nitrogens is 1. The van der Waals surface area contributed by atoms with Gasteiger partial charge in [-0.1, -0.05) is 19.9 Å². The van der Waals surface area contributed by atoms with E-state index in [2.05, 4.69) is 61.1 Å². The number of aryl methyl sites for hydroxylation is 1. The minimum Gasteiger partial charge on any atom is -0.313 e. The third-order valence-corrected chi connectivity index (χ3v) is 4.14. The molecule has 0 bridgehead atoms. The highest BCUT2D eigenvalue weighted by Crippen LogP contribution is 2.16. The van der Waals surface area contributed by atoms with Crippen LogP contribution in [0, 0.1) is 12.8 Å². The quantitative estimate of drug-likeness (QED) is 0.915. The number of pyridine rings is 1. The first-order valence-corrected chi connectivity index (χ1v) is 7.94. The lowest BCUT2D eigenvalue weighted by Gasteiger charge is -2.29. The summed E-state index contributed by atoms with van der Waals surface area (Å²) in [4.78, 5) is 7.25. The minimum atomic E-state index is 0.616. The van der Waals surface area contributed by atoms with Gasteiger partial charge in [0.2, 0.25) is 0 Å². The topological polar surface area (TPSA) is 28.2 Å². The molecule has 0 spiro atoms. The molecule has 1 aliphatic heterocycles. The van der Waals surface area contributed by atoms with Crippen LogP contribution < -0.4 is 5.32 Å². The van der Waals surface area contributed by atoms with Crippen LogP contribution in [0.4, 0.5) is 0 Å². The SMILES string of the molecule is Cc1cccc(CN2CC(CC(C)C)NCCC2C)n1. The first-order chi connectivity index (χ1) is 9.54. The molecule has 1 saturated heterocycles. The van der Waals surface area contributed by atoms with Crippen LogP contribution in [-0.2, 0) is 6.54 Å². The number of rotatable bonds is 4. The van der Waals surface area contributed by atoms with E-state index in [0.717, 1.165) is 31.2 Å². The average molecular weight is 275 g/mol. The zero-order valence-electron chi connectivity index (χ0n) is 13.4. The maximum atomic E-state index is 4.66. The van der Waals surface area contributed by atoms with Gasteiger partial charge in [-0.3, -0.25) is 9.88 Å². The van der Waals surface area contributed by atoms with Crippen molar-refractivity contribution in [1.82, 2.24) is 15.2 Å². The third-order valence-electron chi connectivity index (χ3n) is 4.14. The largest absolute Gasteiger partial charge is 0.313 e. The summed E-state index contributed by atoms with van der Waals surface area (Å²) in [6, 6.07) is 7.57. The number of hydrogen-bond acceptors (Lipinski definition) is 3. The fourth-order valence-corrected chi connectivity index (χ4v) is 3.05. The molecule has 3 nitrogen and oxygen atoms in total. The van der Waals surface area contributed by atoms with E-state index in [1.165, 1.54) is 18.5 Å². The van der Waals surface area contributed by atoms with Crippen molar-refractivity contribution in [3.05, 3.63) is 29.6 Å². The van der Waals surface area contributed by atoms with Gasteiger partial charge in [0.05, 0.1) is 5.69 Å². The Morgan fingerprint density at radius 2 is 2.20 bits per heavy atom. The van der Waals surface area contributed by atoms with Gasteiger partial charge in [-0.15, -0.1) is 0 Å². The fourth-order valence-electron chi connectivity index (χ4n) is 3.05. The summed E-state index contributed by atoms with van der Waals surface area (Å²) in [6.07, 6.45) is 2.48. The van der Waals surface area contributed by atoms with E-state index >= 15 is 0 Å². The molecule has 0 aromatic carbocycles. The van der Waals surface area contributed by atoms with Crippen LogP contribution in [-0.4, -0.2) is 35.1 Å². The summed E-state index contributed by atoms with van der Waals surface area (Å²) >= 11 is 0. The Balaban J connectivity index is 2.02. The summed E-state index contributed by atoms with van der Waals surface area (Å²) in [5, 5.41) is 3.71. The number of nitrogens with one attached hydrogen (secondary N) is 1. The first-order valence-electron chi connectivity index (χ1n) is 7.94. The normalized spacial score (nSPS) is 24.9. The van der Waals surface area contributed by atoms with E-state index in [9.17, 15) is 0 Å². The Hall–Kier alpha value is -0.930. The molecule has 0 aliphatic carbocycles. The van der Waals surface area contributed by atoms with Crippen LogP contribution in [0.25, 0.3) is 0 Å². The van der Waals surface area contributed by atoms with E-state index in [-0.39, 0.29) is 0 Å². The lowest BCUT2D eigenvalue weighted by Crippen LogP contribution is -2.40. The molecule has 2 atom stereocenters.